The van der Waals surface area contributed by atoms with Gasteiger partial charge in [-0.15, -0.1) is 0 Å². The van der Waals surface area contributed by atoms with Gasteiger partial charge in [0.05, 0.1) is 10.8 Å². The first-order chi connectivity index (χ1) is 13.1. The van der Waals surface area contributed by atoms with Crippen LogP contribution in [0.3, 0.4) is 0 Å². The number of phenols is 2. The smallest absolute Gasteiger partial charge is 0.257 e. The summed E-state index contributed by atoms with van der Waals surface area (Å²) in [6.07, 6.45) is 1.42. The lowest BCUT2D eigenvalue weighted by atomic mass is 10.00. The van der Waals surface area contributed by atoms with Gasteiger partial charge in [0.2, 0.25) is 0 Å². The highest BCUT2D eigenvalue weighted by Gasteiger charge is 2.33. The Kier molecular flexibility index (Phi) is 5.62. The third-order valence-corrected chi connectivity index (χ3v) is 6.91. The predicted molar refractivity (Wildman–Crippen MR) is 105 cm³/mol. The zero-order valence-electron chi connectivity index (χ0n) is 14.6. The van der Waals surface area contributed by atoms with Crippen molar-refractivity contribution in [2.45, 2.75) is 29.4 Å². The molecule has 0 heterocycles. The van der Waals surface area contributed by atoms with E-state index in [1.807, 2.05) is 0 Å². The van der Waals surface area contributed by atoms with Crippen LogP contribution in [0.5, 0.6) is 11.5 Å². The number of amides is 1. The molecule has 0 bridgehead atoms. The van der Waals surface area contributed by atoms with E-state index in [1.165, 1.54) is 25.2 Å². The molecule has 10 heteroatoms. The molecule has 1 fully saturated rings. The van der Waals surface area contributed by atoms with Crippen LogP contribution in [-0.4, -0.2) is 31.6 Å². The van der Waals surface area contributed by atoms with Crippen molar-refractivity contribution in [3.63, 3.8) is 0 Å². The van der Waals surface area contributed by atoms with Gasteiger partial charge >= 0.3 is 0 Å². The molecule has 0 spiro atoms. The summed E-state index contributed by atoms with van der Waals surface area (Å²) in [7, 11) is -2.89. The normalized spacial score (nSPS) is 14.1. The molecular weight excluding hydrogens is 477 g/mol. The average molecular weight is 493 g/mol. The number of carbonyl (C=O) groups excluding carboxylic acids is 1. The number of aromatic hydroxyl groups is 2. The van der Waals surface area contributed by atoms with E-state index in [0.717, 1.165) is 0 Å². The van der Waals surface area contributed by atoms with Crippen LogP contribution in [0.2, 0.25) is 5.02 Å². The summed E-state index contributed by atoms with van der Waals surface area (Å²) in [5.41, 5.74) is -0.524. The van der Waals surface area contributed by atoms with Gasteiger partial charge < -0.3 is 15.5 Å². The molecule has 0 radical (unpaired) electrons. The lowest BCUT2D eigenvalue weighted by Gasteiger charge is -2.15. The summed E-state index contributed by atoms with van der Waals surface area (Å²) in [5.74, 6) is -3.95. The van der Waals surface area contributed by atoms with Crippen LogP contribution in [-0.2, 0) is 15.6 Å². The number of phenolic OH excluding ortho intramolecular Hbond substituents is 2. The second-order valence-corrected chi connectivity index (χ2v) is 9.79. The van der Waals surface area contributed by atoms with Gasteiger partial charge in [-0.3, -0.25) is 4.79 Å². The highest BCUT2D eigenvalue weighted by molar-refractivity contribution is 9.10. The molecule has 0 aliphatic heterocycles. The Balaban J connectivity index is 2.14. The molecule has 1 aliphatic rings. The summed E-state index contributed by atoms with van der Waals surface area (Å²) in [5, 5.41) is 22.6. The van der Waals surface area contributed by atoms with Crippen molar-refractivity contribution < 1.29 is 27.8 Å². The largest absolute Gasteiger partial charge is 0.507 e. The molecule has 0 atom stereocenters. The number of benzene rings is 2. The quantitative estimate of drug-likeness (QED) is 0.588. The average Bonchev–Trinajstić information content (AvgIpc) is 3.45. The van der Waals surface area contributed by atoms with Crippen LogP contribution in [0.1, 0.15) is 40.2 Å². The topological polar surface area (TPSA) is 104 Å². The Morgan fingerprint density at radius 3 is 2.50 bits per heavy atom. The van der Waals surface area contributed by atoms with Gasteiger partial charge in [0.15, 0.2) is 15.6 Å². The Hall–Kier alpha value is -1.84. The third kappa shape index (κ3) is 3.83. The number of hydrogen-bond acceptors (Lipinski definition) is 5. The van der Waals surface area contributed by atoms with Gasteiger partial charge in [-0.2, -0.15) is 0 Å². The standard InChI is InChI=1S/C18H16BrClFNO5S/c1-22-18(25)14-15(21)11(8-2-3-8)4-9(16(14)23)7-28(26,27)13-6-10(19)5-12(20)17(13)24/h4-6,8,23-24H,2-3,7H2,1H3,(H,22,25). The van der Waals surface area contributed by atoms with Crippen molar-refractivity contribution in [3.05, 3.63) is 50.2 Å². The molecule has 150 valence electrons. The number of carbonyl (C=O) groups is 1. The molecule has 1 aliphatic carbocycles. The summed E-state index contributed by atoms with van der Waals surface area (Å²) in [6.45, 7) is 0. The lowest BCUT2D eigenvalue weighted by molar-refractivity contribution is 0.0955. The molecule has 2 aromatic rings. The Morgan fingerprint density at radius 1 is 1.29 bits per heavy atom. The molecule has 6 nitrogen and oxygen atoms in total. The van der Waals surface area contributed by atoms with E-state index in [-0.39, 0.29) is 22.1 Å². The first-order valence-corrected chi connectivity index (χ1v) is 11.1. The zero-order valence-corrected chi connectivity index (χ0v) is 17.8. The fourth-order valence-electron chi connectivity index (χ4n) is 2.92. The van der Waals surface area contributed by atoms with E-state index in [1.54, 1.807) is 0 Å². The molecule has 0 unspecified atom stereocenters. The zero-order chi connectivity index (χ0) is 20.8. The van der Waals surface area contributed by atoms with Crippen LogP contribution < -0.4 is 5.32 Å². The van der Waals surface area contributed by atoms with Crippen molar-refractivity contribution in [2.75, 3.05) is 7.05 Å². The van der Waals surface area contributed by atoms with E-state index >= 15 is 0 Å². The summed E-state index contributed by atoms with van der Waals surface area (Å²) in [4.78, 5) is 11.6. The van der Waals surface area contributed by atoms with Gasteiger partial charge in [0.1, 0.15) is 22.0 Å². The van der Waals surface area contributed by atoms with Crippen LogP contribution in [0, 0.1) is 5.82 Å². The highest BCUT2D eigenvalue weighted by Crippen LogP contribution is 2.45. The van der Waals surface area contributed by atoms with Gasteiger partial charge in [-0.05, 0) is 42.5 Å². The predicted octanol–water partition coefficient (Wildman–Crippen LogP) is 3.86. The van der Waals surface area contributed by atoms with E-state index < -0.39 is 49.3 Å². The van der Waals surface area contributed by atoms with Crippen molar-refractivity contribution in [1.29, 1.82) is 0 Å². The second-order valence-electron chi connectivity index (χ2n) is 6.51. The van der Waals surface area contributed by atoms with E-state index in [9.17, 15) is 27.8 Å². The van der Waals surface area contributed by atoms with Crippen LogP contribution >= 0.6 is 27.5 Å². The third-order valence-electron chi connectivity index (χ3n) is 4.49. The van der Waals surface area contributed by atoms with E-state index in [0.29, 0.717) is 17.3 Å². The number of hydrogen-bond donors (Lipinski definition) is 3. The molecule has 2 aromatic carbocycles. The van der Waals surface area contributed by atoms with Gasteiger partial charge in [0, 0.05) is 17.1 Å². The Morgan fingerprint density at radius 2 is 1.93 bits per heavy atom. The summed E-state index contributed by atoms with van der Waals surface area (Å²) < 4.78 is 40.8. The number of sulfone groups is 1. The number of nitrogens with one attached hydrogen (secondary N) is 1. The SMILES string of the molecule is CNC(=O)c1c(O)c(CS(=O)(=O)c2cc(Br)cc(Cl)c2O)cc(C2CC2)c1F. The van der Waals surface area contributed by atoms with Crippen molar-refractivity contribution >= 4 is 43.3 Å². The summed E-state index contributed by atoms with van der Waals surface area (Å²) >= 11 is 8.96. The van der Waals surface area contributed by atoms with Crippen molar-refractivity contribution in [1.82, 2.24) is 5.32 Å². The Bertz CT molecular complexity index is 1090. The van der Waals surface area contributed by atoms with Gasteiger partial charge in [-0.1, -0.05) is 27.5 Å². The fraction of sp³-hybridized carbons (Fsp3) is 0.278. The maximum absolute atomic E-state index is 14.7. The molecule has 0 saturated heterocycles. The van der Waals surface area contributed by atoms with Gasteiger partial charge in [0.25, 0.3) is 5.91 Å². The molecule has 3 N–H and O–H groups in total. The first-order valence-electron chi connectivity index (χ1n) is 8.24. The molecule has 1 amide bonds. The highest BCUT2D eigenvalue weighted by atomic mass is 79.9. The monoisotopic (exact) mass is 491 g/mol. The Labute approximate surface area is 174 Å². The van der Waals surface area contributed by atoms with Gasteiger partial charge in [-0.25, -0.2) is 12.8 Å². The van der Waals surface area contributed by atoms with E-state index in [2.05, 4.69) is 21.2 Å². The van der Waals surface area contributed by atoms with Crippen molar-refractivity contribution in [3.8, 4) is 11.5 Å². The second kappa shape index (κ2) is 7.53. The molecular formula is C18H16BrClFNO5S. The minimum atomic E-state index is -4.17. The van der Waals surface area contributed by atoms with Crippen LogP contribution in [0.15, 0.2) is 27.6 Å². The minimum Gasteiger partial charge on any atom is -0.507 e. The molecule has 0 aromatic heterocycles. The number of rotatable bonds is 5. The van der Waals surface area contributed by atoms with E-state index in [4.69, 9.17) is 11.6 Å². The maximum Gasteiger partial charge on any atom is 0.257 e. The fourth-order valence-corrected chi connectivity index (χ4v) is 5.44. The first kappa shape index (κ1) is 20.9. The number of halogens is 3. The van der Waals surface area contributed by atoms with Crippen LogP contribution in [0.4, 0.5) is 4.39 Å². The maximum atomic E-state index is 14.7. The molecule has 3 rings (SSSR count). The molecule has 28 heavy (non-hydrogen) atoms. The van der Waals surface area contributed by atoms with Crippen LogP contribution in [0.25, 0.3) is 0 Å². The summed E-state index contributed by atoms with van der Waals surface area (Å²) in [6, 6.07) is 3.78. The minimum absolute atomic E-state index is 0.126. The molecule has 1 saturated carbocycles. The lowest BCUT2D eigenvalue weighted by Crippen LogP contribution is -2.21. The van der Waals surface area contributed by atoms with Crippen molar-refractivity contribution in [2.24, 2.45) is 0 Å².